The summed E-state index contributed by atoms with van der Waals surface area (Å²) in [5.41, 5.74) is 6.74. The Morgan fingerprint density at radius 2 is 1.92 bits per heavy atom. The Bertz CT molecular complexity index is 706. The summed E-state index contributed by atoms with van der Waals surface area (Å²) in [6.07, 6.45) is 2.52. The molecule has 1 saturated heterocycles. The summed E-state index contributed by atoms with van der Waals surface area (Å²) in [6, 6.07) is 10.5. The van der Waals surface area contributed by atoms with E-state index in [4.69, 9.17) is 5.73 Å². The Hall–Kier alpha value is -2.28. The molecule has 0 spiro atoms. The highest BCUT2D eigenvalue weighted by atomic mass is 16.1. The lowest BCUT2D eigenvalue weighted by Crippen LogP contribution is -2.42. The van der Waals surface area contributed by atoms with E-state index in [1.807, 2.05) is 10.7 Å². The third-order valence-corrected chi connectivity index (χ3v) is 5.24. The molecule has 0 bridgehead atoms. The number of carbonyl (C=O) groups excluding carboxylic acids is 1. The minimum Gasteiger partial charge on any atom is -0.369 e. The van der Waals surface area contributed by atoms with Crippen molar-refractivity contribution in [2.45, 2.75) is 45.7 Å². The molecule has 1 aromatic heterocycles. The van der Waals surface area contributed by atoms with E-state index in [9.17, 15) is 4.79 Å². The average molecular weight is 356 g/mol. The summed E-state index contributed by atoms with van der Waals surface area (Å²) >= 11 is 0. The minimum atomic E-state index is -0.182. The van der Waals surface area contributed by atoms with Gasteiger partial charge in [-0.2, -0.15) is 0 Å². The topological polar surface area (TPSA) is 89.9 Å². The largest absolute Gasteiger partial charge is 0.369 e. The van der Waals surface area contributed by atoms with Crippen LogP contribution in [0.15, 0.2) is 30.3 Å². The number of carbonyl (C=O) groups is 1. The van der Waals surface area contributed by atoms with Crippen molar-refractivity contribution < 1.29 is 4.79 Å². The summed E-state index contributed by atoms with van der Waals surface area (Å²) in [7, 11) is 0. The van der Waals surface area contributed by atoms with Crippen LogP contribution in [0, 0.1) is 11.8 Å². The minimum absolute atomic E-state index is 0.00635. The lowest BCUT2D eigenvalue weighted by Gasteiger charge is -2.38. The SMILES string of the molecule is CC(C)[C@H](c1nnnn1CCc1ccccc1)N1CCC(C(N)=O)CC1. The lowest BCUT2D eigenvalue weighted by molar-refractivity contribution is -0.123. The number of aryl methyl sites for hydroxylation is 2. The van der Waals surface area contributed by atoms with Gasteiger partial charge in [-0.3, -0.25) is 9.69 Å². The molecule has 140 valence electrons. The summed E-state index contributed by atoms with van der Waals surface area (Å²) < 4.78 is 1.93. The van der Waals surface area contributed by atoms with Crippen molar-refractivity contribution in [2.75, 3.05) is 13.1 Å². The van der Waals surface area contributed by atoms with E-state index in [0.717, 1.165) is 44.7 Å². The second kappa shape index (κ2) is 8.40. The van der Waals surface area contributed by atoms with Gasteiger partial charge in [0.05, 0.1) is 6.04 Å². The Morgan fingerprint density at radius 3 is 2.54 bits per heavy atom. The number of rotatable bonds is 7. The average Bonchev–Trinajstić information content (AvgIpc) is 3.09. The van der Waals surface area contributed by atoms with E-state index < -0.39 is 0 Å². The fraction of sp³-hybridized carbons (Fsp3) is 0.579. The number of nitrogens with zero attached hydrogens (tertiary/aromatic N) is 5. The molecule has 7 nitrogen and oxygen atoms in total. The van der Waals surface area contributed by atoms with Crippen LogP contribution >= 0.6 is 0 Å². The molecule has 1 amide bonds. The van der Waals surface area contributed by atoms with Gasteiger partial charge in [0.25, 0.3) is 0 Å². The monoisotopic (exact) mass is 356 g/mol. The molecular formula is C19H28N6O. The van der Waals surface area contributed by atoms with E-state index in [1.165, 1.54) is 5.56 Å². The smallest absolute Gasteiger partial charge is 0.220 e. The quantitative estimate of drug-likeness (QED) is 0.817. The zero-order chi connectivity index (χ0) is 18.5. The number of amides is 1. The summed E-state index contributed by atoms with van der Waals surface area (Å²) in [6.45, 7) is 6.85. The van der Waals surface area contributed by atoms with Gasteiger partial charge in [0, 0.05) is 12.5 Å². The van der Waals surface area contributed by atoms with Crippen LogP contribution in [-0.2, 0) is 17.8 Å². The number of aromatic nitrogens is 4. The van der Waals surface area contributed by atoms with Gasteiger partial charge in [-0.15, -0.1) is 5.10 Å². The molecule has 7 heteroatoms. The molecule has 3 rings (SSSR count). The number of benzene rings is 1. The number of tetrazole rings is 1. The third kappa shape index (κ3) is 4.27. The van der Waals surface area contributed by atoms with E-state index >= 15 is 0 Å². The molecule has 0 aliphatic carbocycles. The normalized spacial score (nSPS) is 17.5. The first-order chi connectivity index (χ1) is 12.6. The van der Waals surface area contributed by atoms with Gasteiger partial charge in [0.2, 0.25) is 5.91 Å². The van der Waals surface area contributed by atoms with Crippen LogP contribution in [0.4, 0.5) is 0 Å². The predicted octanol–water partition coefficient (Wildman–Crippen LogP) is 1.81. The Morgan fingerprint density at radius 1 is 1.23 bits per heavy atom. The van der Waals surface area contributed by atoms with Crippen molar-refractivity contribution in [1.29, 1.82) is 0 Å². The number of hydrogen-bond acceptors (Lipinski definition) is 5. The molecule has 1 fully saturated rings. The molecule has 1 atom stereocenters. The van der Waals surface area contributed by atoms with Gasteiger partial charge in [-0.1, -0.05) is 44.2 Å². The molecule has 2 heterocycles. The van der Waals surface area contributed by atoms with Gasteiger partial charge in [0.15, 0.2) is 5.82 Å². The maximum Gasteiger partial charge on any atom is 0.220 e. The highest BCUT2D eigenvalue weighted by Crippen LogP contribution is 2.31. The Balaban J connectivity index is 1.71. The van der Waals surface area contributed by atoms with Gasteiger partial charge in [-0.25, -0.2) is 4.68 Å². The summed E-state index contributed by atoms with van der Waals surface area (Å²) in [5, 5.41) is 12.5. The number of likely N-dealkylation sites (tertiary alicyclic amines) is 1. The van der Waals surface area contributed by atoms with Crippen LogP contribution in [0.5, 0.6) is 0 Å². The first-order valence-electron chi connectivity index (χ1n) is 9.39. The highest BCUT2D eigenvalue weighted by molar-refractivity contribution is 5.76. The van der Waals surface area contributed by atoms with Gasteiger partial charge >= 0.3 is 0 Å². The Kier molecular flexibility index (Phi) is 5.98. The van der Waals surface area contributed by atoms with Crippen LogP contribution in [0.2, 0.25) is 0 Å². The zero-order valence-electron chi connectivity index (χ0n) is 15.6. The summed E-state index contributed by atoms with van der Waals surface area (Å²) in [5.74, 6) is 1.10. The van der Waals surface area contributed by atoms with Crippen LogP contribution in [0.1, 0.15) is 44.1 Å². The zero-order valence-corrected chi connectivity index (χ0v) is 15.6. The van der Waals surface area contributed by atoms with Crippen LogP contribution in [0.3, 0.4) is 0 Å². The molecule has 1 aliphatic heterocycles. The van der Waals surface area contributed by atoms with Crippen molar-refractivity contribution in [2.24, 2.45) is 17.6 Å². The molecule has 0 radical (unpaired) electrons. The standard InChI is InChI=1S/C19H28N6O/c1-14(2)17(24-11-9-16(10-12-24)18(20)26)19-21-22-23-25(19)13-8-15-6-4-3-5-7-15/h3-7,14,16-17H,8-13H2,1-2H3,(H2,20,26)/t17-/m1/s1. The molecule has 26 heavy (non-hydrogen) atoms. The maximum absolute atomic E-state index is 11.4. The second-order valence-corrected chi connectivity index (χ2v) is 7.40. The first kappa shape index (κ1) is 18.5. The van der Waals surface area contributed by atoms with E-state index in [-0.39, 0.29) is 17.9 Å². The van der Waals surface area contributed by atoms with Gasteiger partial charge in [-0.05, 0) is 54.3 Å². The second-order valence-electron chi connectivity index (χ2n) is 7.40. The maximum atomic E-state index is 11.4. The summed E-state index contributed by atoms with van der Waals surface area (Å²) in [4.78, 5) is 13.8. The van der Waals surface area contributed by atoms with Crippen molar-refractivity contribution in [3.63, 3.8) is 0 Å². The first-order valence-corrected chi connectivity index (χ1v) is 9.39. The fourth-order valence-corrected chi connectivity index (χ4v) is 3.81. The van der Waals surface area contributed by atoms with Crippen molar-refractivity contribution >= 4 is 5.91 Å². The Labute approximate surface area is 154 Å². The number of nitrogens with two attached hydrogens (primary N) is 1. The molecule has 1 aliphatic rings. The molecule has 1 aromatic carbocycles. The predicted molar refractivity (Wildman–Crippen MR) is 99.0 cm³/mol. The van der Waals surface area contributed by atoms with Gasteiger partial charge < -0.3 is 5.73 Å². The number of piperidine rings is 1. The van der Waals surface area contributed by atoms with Crippen LogP contribution in [0.25, 0.3) is 0 Å². The molecule has 2 N–H and O–H groups in total. The highest BCUT2D eigenvalue weighted by Gasteiger charge is 2.33. The number of hydrogen-bond donors (Lipinski definition) is 1. The lowest BCUT2D eigenvalue weighted by atomic mass is 9.92. The van der Waals surface area contributed by atoms with Crippen molar-refractivity contribution in [3.05, 3.63) is 41.7 Å². The van der Waals surface area contributed by atoms with Crippen LogP contribution in [-0.4, -0.2) is 44.1 Å². The molecule has 0 unspecified atom stereocenters. The molecule has 0 saturated carbocycles. The molecular weight excluding hydrogens is 328 g/mol. The fourth-order valence-electron chi connectivity index (χ4n) is 3.81. The van der Waals surface area contributed by atoms with E-state index in [2.05, 4.69) is 58.5 Å². The third-order valence-electron chi connectivity index (χ3n) is 5.24. The van der Waals surface area contributed by atoms with Crippen LogP contribution < -0.4 is 5.73 Å². The van der Waals surface area contributed by atoms with Crippen molar-refractivity contribution in [3.8, 4) is 0 Å². The van der Waals surface area contributed by atoms with Gasteiger partial charge in [0.1, 0.15) is 0 Å². The van der Waals surface area contributed by atoms with E-state index in [1.54, 1.807) is 0 Å². The van der Waals surface area contributed by atoms with Crippen molar-refractivity contribution in [1.82, 2.24) is 25.1 Å². The van der Waals surface area contributed by atoms with E-state index in [0.29, 0.717) is 5.92 Å². The molecule has 2 aromatic rings. The number of primary amides is 1.